The average molecular weight is 538 g/mol. The van der Waals surface area contributed by atoms with Crippen molar-refractivity contribution in [2.75, 3.05) is 32.1 Å². The number of hydrogen-bond donors (Lipinski definition) is 2. The van der Waals surface area contributed by atoms with Crippen LogP contribution in [0.4, 0.5) is 5.69 Å². The highest BCUT2D eigenvalue weighted by molar-refractivity contribution is 14.0. The van der Waals surface area contributed by atoms with E-state index in [9.17, 15) is 8.42 Å². The molecule has 0 radical (unpaired) electrons. The normalized spacial score (nSPS) is 11.9. The smallest absolute Gasteiger partial charge is 0.252 e. The van der Waals surface area contributed by atoms with Gasteiger partial charge in [-0.2, -0.15) is 4.31 Å². The highest BCUT2D eigenvalue weighted by Crippen LogP contribution is 2.25. The van der Waals surface area contributed by atoms with E-state index in [0.717, 1.165) is 16.3 Å². The van der Waals surface area contributed by atoms with Gasteiger partial charge in [0, 0.05) is 36.6 Å². The van der Waals surface area contributed by atoms with Gasteiger partial charge in [0.15, 0.2) is 5.96 Å². The van der Waals surface area contributed by atoms with E-state index in [1.165, 1.54) is 15.6 Å². The van der Waals surface area contributed by atoms with Crippen LogP contribution >= 0.6 is 35.3 Å². The lowest BCUT2D eigenvalue weighted by Crippen LogP contribution is -2.29. The molecule has 156 valence electrons. The summed E-state index contributed by atoms with van der Waals surface area (Å²) in [5.41, 5.74) is 6.72. The van der Waals surface area contributed by atoms with Crippen molar-refractivity contribution in [1.29, 1.82) is 0 Å². The van der Waals surface area contributed by atoms with E-state index in [4.69, 9.17) is 10.5 Å². The van der Waals surface area contributed by atoms with Crippen molar-refractivity contribution in [3.05, 3.63) is 41.3 Å². The maximum atomic E-state index is 12.5. The number of aliphatic imine (C=N–C) groups is 1. The van der Waals surface area contributed by atoms with Gasteiger partial charge in [0.25, 0.3) is 10.0 Å². The number of hydrogen-bond acceptors (Lipinski definition) is 5. The van der Waals surface area contributed by atoms with E-state index in [0.29, 0.717) is 36.2 Å². The minimum Gasteiger partial charge on any atom is -0.497 e. The van der Waals surface area contributed by atoms with E-state index in [2.05, 4.69) is 10.3 Å². The second-order valence-corrected chi connectivity index (χ2v) is 9.01. The zero-order chi connectivity index (χ0) is 19.9. The maximum Gasteiger partial charge on any atom is 0.252 e. The summed E-state index contributed by atoms with van der Waals surface area (Å²) >= 11 is 1.28. The molecule has 1 heterocycles. The van der Waals surface area contributed by atoms with Crippen molar-refractivity contribution < 1.29 is 13.2 Å². The Morgan fingerprint density at radius 2 is 1.82 bits per heavy atom. The Morgan fingerprint density at radius 3 is 2.39 bits per heavy atom. The highest BCUT2D eigenvalue weighted by Gasteiger charge is 2.23. The fourth-order valence-electron chi connectivity index (χ4n) is 2.47. The zero-order valence-corrected chi connectivity index (χ0v) is 20.2. The summed E-state index contributed by atoms with van der Waals surface area (Å²) < 4.78 is 32.0. The van der Waals surface area contributed by atoms with Crippen LogP contribution in [0.3, 0.4) is 0 Å². The summed E-state index contributed by atoms with van der Waals surface area (Å²) in [5, 5.41) is 3.01. The molecule has 2 rings (SSSR count). The molecule has 28 heavy (non-hydrogen) atoms. The molecule has 0 spiro atoms. The molecular weight excluding hydrogens is 511 g/mol. The van der Waals surface area contributed by atoms with E-state index in [-0.39, 0.29) is 24.0 Å². The second kappa shape index (κ2) is 11.6. The third-order valence-electron chi connectivity index (χ3n) is 3.94. The molecule has 0 bridgehead atoms. The van der Waals surface area contributed by atoms with E-state index in [1.807, 2.05) is 44.2 Å². The topological polar surface area (TPSA) is 97.0 Å². The Bertz CT molecular complexity index is 863. The molecule has 0 aliphatic rings. The third kappa shape index (κ3) is 6.61. The molecule has 1 aromatic carbocycles. The first-order valence-corrected chi connectivity index (χ1v) is 11.0. The Morgan fingerprint density at radius 1 is 1.18 bits per heavy atom. The van der Waals surface area contributed by atoms with E-state index in [1.54, 1.807) is 13.2 Å². The molecule has 0 aliphatic carbocycles. The number of thiophene rings is 1. The zero-order valence-electron chi connectivity index (χ0n) is 16.2. The number of sulfonamides is 1. The van der Waals surface area contributed by atoms with Crippen LogP contribution in [0.2, 0.25) is 0 Å². The number of halogens is 1. The largest absolute Gasteiger partial charge is 0.497 e. The Hall–Kier alpha value is -1.37. The van der Waals surface area contributed by atoms with Crippen LogP contribution in [0.1, 0.15) is 18.7 Å². The molecule has 10 heteroatoms. The fourth-order valence-corrected chi connectivity index (χ4v) is 5.43. The summed E-state index contributed by atoms with van der Waals surface area (Å²) in [6.07, 6.45) is 0.628. The number of anilines is 1. The lowest BCUT2D eigenvalue weighted by Gasteiger charge is -2.16. The first kappa shape index (κ1) is 24.7. The number of nitrogens with zero attached hydrogens (tertiary/aromatic N) is 2. The number of ether oxygens (including phenoxy) is 1. The molecule has 0 amide bonds. The number of rotatable bonds is 9. The van der Waals surface area contributed by atoms with Gasteiger partial charge in [-0.05, 0) is 36.4 Å². The van der Waals surface area contributed by atoms with Crippen LogP contribution in [0.15, 0.2) is 45.6 Å². The molecule has 0 unspecified atom stereocenters. The number of nitrogens with two attached hydrogens (primary N) is 1. The number of guanidine groups is 1. The number of methoxy groups -OCH3 is 1. The second-order valence-electron chi connectivity index (χ2n) is 5.68. The van der Waals surface area contributed by atoms with Crippen molar-refractivity contribution in [1.82, 2.24) is 4.31 Å². The quantitative estimate of drug-likeness (QED) is 0.290. The first-order chi connectivity index (χ1) is 12.9. The van der Waals surface area contributed by atoms with Crippen LogP contribution < -0.4 is 15.8 Å². The van der Waals surface area contributed by atoms with Crippen molar-refractivity contribution in [3.8, 4) is 5.75 Å². The fraction of sp³-hybridized carbons (Fsp3) is 0.389. The van der Waals surface area contributed by atoms with Gasteiger partial charge in [0.1, 0.15) is 9.96 Å². The average Bonchev–Trinajstić information content (AvgIpc) is 3.13. The first-order valence-electron chi connectivity index (χ1n) is 8.70. The number of benzene rings is 1. The van der Waals surface area contributed by atoms with Crippen LogP contribution in [-0.4, -0.2) is 45.4 Å². The van der Waals surface area contributed by atoms with Crippen molar-refractivity contribution in [2.24, 2.45) is 10.7 Å². The van der Waals surface area contributed by atoms with Crippen LogP contribution in [-0.2, 0) is 16.4 Å². The Balaban J connectivity index is 0.00000392. The highest BCUT2D eigenvalue weighted by atomic mass is 127. The molecule has 2 aromatic rings. The molecule has 3 N–H and O–H groups in total. The van der Waals surface area contributed by atoms with Crippen LogP contribution in [0.5, 0.6) is 5.75 Å². The summed E-state index contributed by atoms with van der Waals surface area (Å²) in [5.74, 6) is 1.08. The third-order valence-corrected chi connectivity index (χ3v) is 7.60. The van der Waals surface area contributed by atoms with Crippen molar-refractivity contribution in [2.45, 2.75) is 24.5 Å². The van der Waals surface area contributed by atoms with Gasteiger partial charge in [-0.3, -0.25) is 4.99 Å². The van der Waals surface area contributed by atoms with Crippen LogP contribution in [0, 0.1) is 0 Å². The molecule has 1 aromatic heterocycles. The van der Waals surface area contributed by atoms with E-state index >= 15 is 0 Å². The Labute approximate surface area is 188 Å². The predicted octanol–water partition coefficient (Wildman–Crippen LogP) is 3.37. The minimum atomic E-state index is -3.40. The van der Waals surface area contributed by atoms with Gasteiger partial charge < -0.3 is 15.8 Å². The lowest BCUT2D eigenvalue weighted by molar-refractivity contribution is 0.415. The summed E-state index contributed by atoms with van der Waals surface area (Å²) in [6, 6.07) is 10.9. The van der Waals surface area contributed by atoms with Gasteiger partial charge in [-0.15, -0.1) is 35.3 Å². The molecule has 0 saturated carbocycles. The summed E-state index contributed by atoms with van der Waals surface area (Å²) in [4.78, 5) is 5.26. The van der Waals surface area contributed by atoms with Gasteiger partial charge in [0.05, 0.1) is 7.11 Å². The number of nitrogens with one attached hydrogen (secondary N) is 1. The molecule has 0 atom stereocenters. The molecular formula is C18H27IN4O3S2. The SMILES string of the molecule is CCN(CC)S(=O)(=O)c1ccc(CCN=C(N)Nc2ccc(OC)cc2)s1.I. The minimum absolute atomic E-state index is 0. The van der Waals surface area contributed by atoms with Crippen molar-refractivity contribution >= 4 is 57.0 Å². The van der Waals surface area contributed by atoms with Crippen molar-refractivity contribution in [3.63, 3.8) is 0 Å². The lowest BCUT2D eigenvalue weighted by atomic mass is 10.3. The summed E-state index contributed by atoms with van der Waals surface area (Å²) in [6.45, 7) is 5.07. The van der Waals surface area contributed by atoms with E-state index < -0.39 is 10.0 Å². The van der Waals surface area contributed by atoms with Gasteiger partial charge in [-0.1, -0.05) is 13.8 Å². The molecule has 7 nitrogen and oxygen atoms in total. The Kier molecular flexibility index (Phi) is 10.2. The summed E-state index contributed by atoms with van der Waals surface area (Å²) in [7, 11) is -1.79. The molecule has 0 aliphatic heterocycles. The van der Waals surface area contributed by atoms with Gasteiger partial charge in [0.2, 0.25) is 0 Å². The van der Waals surface area contributed by atoms with Gasteiger partial charge in [-0.25, -0.2) is 8.42 Å². The predicted molar refractivity (Wildman–Crippen MR) is 127 cm³/mol. The van der Waals surface area contributed by atoms with Gasteiger partial charge >= 0.3 is 0 Å². The monoisotopic (exact) mass is 538 g/mol. The standard InChI is InChI=1S/C18H26N4O3S2.HI/c1-4-22(5-2)27(23,24)17-11-10-16(26-17)12-13-20-18(19)21-14-6-8-15(25-3)9-7-14;/h6-11H,4-5,12-13H2,1-3H3,(H3,19,20,21);1H. The van der Waals surface area contributed by atoms with Crippen LogP contribution in [0.25, 0.3) is 0 Å². The molecule has 0 saturated heterocycles. The molecule has 0 fully saturated rings. The maximum absolute atomic E-state index is 12.5.